The maximum atomic E-state index is 13.1. The van der Waals surface area contributed by atoms with E-state index in [0.29, 0.717) is 11.3 Å². The maximum absolute atomic E-state index is 13.1. The van der Waals surface area contributed by atoms with E-state index < -0.39 is 27.2 Å². The van der Waals surface area contributed by atoms with Crippen LogP contribution in [0.1, 0.15) is 12.5 Å². The molecule has 0 unspecified atom stereocenters. The van der Waals surface area contributed by atoms with Crippen molar-refractivity contribution >= 4 is 52.2 Å². The van der Waals surface area contributed by atoms with Crippen molar-refractivity contribution in [2.75, 3.05) is 16.0 Å². The first-order valence-corrected chi connectivity index (χ1v) is 10.3. The molecule has 0 fully saturated rings. The molecule has 3 rings (SSSR count). The Kier molecular flexibility index (Phi) is 7.82. The third kappa shape index (κ3) is 6.35. The summed E-state index contributed by atoms with van der Waals surface area (Å²) in [6.45, 7) is 1.34. The van der Waals surface area contributed by atoms with Crippen LogP contribution in [0.3, 0.4) is 0 Å². The number of hydrogen-bond donors (Lipinski definition) is 3. The lowest BCUT2D eigenvalue weighted by atomic mass is 10.1. The zero-order valence-electron chi connectivity index (χ0n) is 18.8. The molecule has 0 radical (unpaired) electrons. The Hall–Kier alpha value is -5.39. The smallest absolute Gasteiger partial charge is 0.292 e. The number of benzene rings is 3. The molecule has 3 N–H and O–H groups in total. The van der Waals surface area contributed by atoms with Crippen LogP contribution < -0.4 is 16.0 Å². The normalized spacial score (nSPS) is 10.0. The predicted octanol–water partition coefficient (Wildman–Crippen LogP) is 4.12. The van der Waals surface area contributed by atoms with Gasteiger partial charge in [-0.05, 0) is 35.9 Å². The van der Waals surface area contributed by atoms with E-state index in [2.05, 4.69) is 16.0 Å². The lowest BCUT2D eigenvalue weighted by Crippen LogP contribution is -2.26. The van der Waals surface area contributed by atoms with E-state index >= 15 is 0 Å². The molecule has 12 nitrogen and oxygen atoms in total. The highest BCUT2D eigenvalue weighted by Crippen LogP contribution is 2.26. The van der Waals surface area contributed by atoms with Crippen molar-refractivity contribution in [3.63, 3.8) is 0 Å². The molecule has 0 aliphatic rings. The first kappa shape index (κ1) is 25.2. The summed E-state index contributed by atoms with van der Waals surface area (Å²) in [5, 5.41) is 29.9. The van der Waals surface area contributed by atoms with Crippen molar-refractivity contribution in [3.05, 3.63) is 104 Å². The number of anilines is 3. The average molecular weight is 489 g/mol. The van der Waals surface area contributed by atoms with Crippen LogP contribution in [0.15, 0.2) is 78.4 Å². The molecule has 0 bridgehead atoms. The minimum Gasteiger partial charge on any atom is -0.326 e. The van der Waals surface area contributed by atoms with Crippen LogP contribution in [0.2, 0.25) is 0 Å². The number of rotatable bonds is 8. The average Bonchev–Trinajstić information content (AvgIpc) is 2.83. The van der Waals surface area contributed by atoms with E-state index in [1.807, 2.05) is 0 Å². The molecule has 0 saturated carbocycles. The molecule has 0 atom stereocenters. The van der Waals surface area contributed by atoms with Gasteiger partial charge in [0.15, 0.2) is 0 Å². The van der Waals surface area contributed by atoms with Crippen LogP contribution in [0.5, 0.6) is 0 Å². The van der Waals surface area contributed by atoms with E-state index in [4.69, 9.17) is 0 Å². The molecule has 0 saturated heterocycles. The third-order valence-electron chi connectivity index (χ3n) is 4.73. The van der Waals surface area contributed by atoms with E-state index in [9.17, 15) is 34.6 Å². The van der Waals surface area contributed by atoms with Gasteiger partial charge >= 0.3 is 0 Å². The monoisotopic (exact) mass is 489 g/mol. The third-order valence-corrected chi connectivity index (χ3v) is 4.73. The van der Waals surface area contributed by atoms with Crippen LogP contribution in [0.25, 0.3) is 6.08 Å². The van der Waals surface area contributed by atoms with Gasteiger partial charge in [-0.1, -0.05) is 36.4 Å². The van der Waals surface area contributed by atoms with Gasteiger partial charge < -0.3 is 16.0 Å². The fourth-order valence-corrected chi connectivity index (χ4v) is 3.12. The summed E-state index contributed by atoms with van der Waals surface area (Å²) in [5.74, 6) is -2.25. The number of nitrogens with one attached hydrogen (secondary N) is 3. The van der Waals surface area contributed by atoms with Crippen molar-refractivity contribution in [1.29, 1.82) is 0 Å². The SMILES string of the molecule is CC(=O)Nc1ccc(C=C(C(=O)Nc2ccccc2[N+](=O)[O-])C(=O)Nc2ccccc2[N+](=O)[O-])cc1. The van der Waals surface area contributed by atoms with Crippen LogP contribution in [0, 0.1) is 20.2 Å². The summed E-state index contributed by atoms with van der Waals surface area (Å²) in [4.78, 5) is 58.7. The number of nitro groups is 2. The van der Waals surface area contributed by atoms with Gasteiger partial charge in [-0.15, -0.1) is 0 Å². The van der Waals surface area contributed by atoms with Gasteiger partial charge in [0.25, 0.3) is 23.2 Å². The lowest BCUT2D eigenvalue weighted by molar-refractivity contribution is -0.384. The highest BCUT2D eigenvalue weighted by Gasteiger charge is 2.24. The van der Waals surface area contributed by atoms with Crippen molar-refractivity contribution in [1.82, 2.24) is 0 Å². The van der Waals surface area contributed by atoms with E-state index in [-0.39, 0.29) is 28.7 Å². The van der Waals surface area contributed by atoms with Gasteiger partial charge in [0.2, 0.25) is 5.91 Å². The summed E-state index contributed by atoms with van der Waals surface area (Å²) >= 11 is 0. The second-order valence-corrected chi connectivity index (χ2v) is 7.32. The Bertz CT molecular complexity index is 1310. The van der Waals surface area contributed by atoms with Gasteiger partial charge in [0, 0.05) is 24.7 Å². The number of amides is 3. The Balaban J connectivity index is 1.99. The summed E-state index contributed by atoms with van der Waals surface area (Å²) in [6, 6.07) is 16.9. The Morgan fingerprint density at radius 1 is 0.694 bits per heavy atom. The summed E-state index contributed by atoms with van der Waals surface area (Å²) in [5.41, 5.74) is -0.660. The largest absolute Gasteiger partial charge is 0.326 e. The molecule has 36 heavy (non-hydrogen) atoms. The molecular weight excluding hydrogens is 470 g/mol. The number of carbonyl (C=O) groups is 3. The van der Waals surface area contributed by atoms with Crippen molar-refractivity contribution < 1.29 is 24.2 Å². The number of nitrogens with zero attached hydrogens (tertiary/aromatic N) is 2. The molecule has 0 aliphatic heterocycles. The highest BCUT2D eigenvalue weighted by molar-refractivity contribution is 6.29. The lowest BCUT2D eigenvalue weighted by Gasteiger charge is -2.11. The molecule has 0 aliphatic carbocycles. The maximum Gasteiger partial charge on any atom is 0.292 e. The van der Waals surface area contributed by atoms with Crippen LogP contribution in [-0.2, 0) is 14.4 Å². The minimum atomic E-state index is -0.980. The second kappa shape index (κ2) is 11.2. The predicted molar refractivity (Wildman–Crippen MR) is 132 cm³/mol. The Labute approximate surface area is 203 Å². The quantitative estimate of drug-likeness (QED) is 0.140. The fraction of sp³-hybridized carbons (Fsp3) is 0.0417. The summed E-state index contributed by atoms with van der Waals surface area (Å²) in [6.07, 6.45) is 1.21. The van der Waals surface area contributed by atoms with E-state index in [1.54, 1.807) is 12.1 Å². The van der Waals surface area contributed by atoms with Gasteiger partial charge in [-0.2, -0.15) is 0 Å². The standard InChI is InChI=1S/C24H19N5O7/c1-15(30)25-17-12-10-16(11-13-17)14-18(23(31)26-19-6-2-4-8-21(19)28(33)34)24(32)27-20-7-3-5-9-22(20)29(35)36/h2-14H,1H3,(H,25,30)(H,26,31)(H,27,32). The molecule has 0 heterocycles. The first-order valence-electron chi connectivity index (χ1n) is 10.3. The zero-order valence-corrected chi connectivity index (χ0v) is 18.8. The number of carbonyl (C=O) groups excluding carboxylic acids is 3. The van der Waals surface area contributed by atoms with Gasteiger partial charge in [-0.25, -0.2) is 0 Å². The van der Waals surface area contributed by atoms with Crippen molar-refractivity contribution in [3.8, 4) is 0 Å². The Morgan fingerprint density at radius 2 is 1.14 bits per heavy atom. The molecule has 3 amide bonds. The summed E-state index contributed by atoms with van der Waals surface area (Å²) < 4.78 is 0. The van der Waals surface area contributed by atoms with Gasteiger partial charge in [-0.3, -0.25) is 34.6 Å². The summed E-state index contributed by atoms with van der Waals surface area (Å²) in [7, 11) is 0. The van der Waals surface area contributed by atoms with Crippen molar-refractivity contribution in [2.24, 2.45) is 0 Å². The molecule has 12 heteroatoms. The highest BCUT2D eigenvalue weighted by atomic mass is 16.6. The molecule has 0 aromatic heterocycles. The zero-order chi connectivity index (χ0) is 26.2. The van der Waals surface area contributed by atoms with E-state index in [0.717, 1.165) is 0 Å². The van der Waals surface area contributed by atoms with Crippen LogP contribution in [-0.4, -0.2) is 27.6 Å². The van der Waals surface area contributed by atoms with Crippen LogP contribution >= 0.6 is 0 Å². The first-order chi connectivity index (χ1) is 17.2. The van der Waals surface area contributed by atoms with Gasteiger partial charge in [0.1, 0.15) is 16.9 Å². The van der Waals surface area contributed by atoms with E-state index in [1.165, 1.54) is 73.7 Å². The van der Waals surface area contributed by atoms with Gasteiger partial charge in [0.05, 0.1) is 9.85 Å². The van der Waals surface area contributed by atoms with Crippen LogP contribution in [0.4, 0.5) is 28.4 Å². The molecule has 3 aromatic rings. The topological polar surface area (TPSA) is 174 Å². The number of hydrogen-bond acceptors (Lipinski definition) is 7. The second-order valence-electron chi connectivity index (χ2n) is 7.32. The molecule has 0 spiro atoms. The molecule has 3 aromatic carbocycles. The Morgan fingerprint density at radius 3 is 1.56 bits per heavy atom. The molecular formula is C24H19N5O7. The number of para-hydroxylation sites is 4. The van der Waals surface area contributed by atoms with Crippen molar-refractivity contribution in [2.45, 2.75) is 6.92 Å². The number of nitro benzene ring substituents is 2. The minimum absolute atomic E-state index is 0.141. The molecule has 182 valence electrons. The fourth-order valence-electron chi connectivity index (χ4n) is 3.12.